The van der Waals surface area contributed by atoms with E-state index in [1.807, 2.05) is 20.8 Å². The predicted molar refractivity (Wildman–Crippen MR) is 128 cm³/mol. The Morgan fingerprint density at radius 3 is 2.54 bits per heavy atom. The second-order valence-corrected chi connectivity index (χ2v) is 12.8. The van der Waals surface area contributed by atoms with E-state index in [0.29, 0.717) is 25.5 Å². The van der Waals surface area contributed by atoms with Gasteiger partial charge in [0.25, 0.3) is 0 Å². The number of benzene rings is 1. The molecule has 1 atom stereocenters. The first kappa shape index (κ1) is 27.7. The van der Waals surface area contributed by atoms with Crippen LogP contribution in [0.15, 0.2) is 41.0 Å². The van der Waals surface area contributed by atoms with E-state index in [2.05, 4.69) is 39.4 Å². The Morgan fingerprint density at radius 1 is 1.26 bits per heavy atom. The summed E-state index contributed by atoms with van der Waals surface area (Å²) in [6.45, 7) is 7.01. The summed E-state index contributed by atoms with van der Waals surface area (Å²) < 4.78 is 38.9. The van der Waals surface area contributed by atoms with Crippen molar-refractivity contribution >= 4 is 51.0 Å². The number of pyridine rings is 1. The van der Waals surface area contributed by atoms with Crippen molar-refractivity contribution in [2.75, 3.05) is 23.3 Å². The van der Waals surface area contributed by atoms with Gasteiger partial charge in [0.15, 0.2) is 0 Å². The van der Waals surface area contributed by atoms with E-state index >= 15 is 0 Å². The number of amides is 2. The van der Waals surface area contributed by atoms with Crippen molar-refractivity contribution in [1.82, 2.24) is 8.51 Å². The van der Waals surface area contributed by atoms with Crippen LogP contribution in [0.25, 0.3) is 0 Å². The predicted octanol–water partition coefficient (Wildman–Crippen LogP) is 2.37. The molecule has 0 aliphatic carbocycles. The molecule has 13 heteroatoms. The van der Waals surface area contributed by atoms with E-state index in [0.717, 1.165) is 19.5 Å². The van der Waals surface area contributed by atoms with E-state index in [1.165, 1.54) is 30.5 Å². The maximum absolute atomic E-state index is 12.7. The van der Waals surface area contributed by atoms with Gasteiger partial charge in [-0.3, -0.25) is 0 Å². The van der Waals surface area contributed by atoms with Crippen molar-refractivity contribution < 1.29 is 49.3 Å². The molecular weight excluding hydrogens is 665 g/mol. The first-order valence-electron chi connectivity index (χ1n) is 10.5. The minimum atomic E-state index is -3.81. The summed E-state index contributed by atoms with van der Waals surface area (Å²) in [7, 11) is 0. The number of nitrogens with one attached hydrogen (secondary N) is 2. The molecule has 0 radical (unpaired) electrons. The third kappa shape index (κ3) is 8.90. The van der Waals surface area contributed by atoms with Gasteiger partial charge in [-0.25, -0.2) is 0 Å². The fourth-order valence-corrected chi connectivity index (χ4v) is 5.90. The summed E-state index contributed by atoms with van der Waals surface area (Å²) >= 11 is 7.65. The molecule has 1 saturated heterocycles. The maximum atomic E-state index is 12.7. The second-order valence-electron chi connectivity index (χ2n) is 8.59. The molecule has 0 spiro atoms. The van der Waals surface area contributed by atoms with Crippen LogP contribution in [-0.2, 0) is 4.74 Å². The number of hydrogen-bond donors (Lipinski definition) is 2. The Hall–Kier alpha value is -1.93. The van der Waals surface area contributed by atoms with Crippen LogP contribution in [0.1, 0.15) is 37.6 Å². The van der Waals surface area contributed by atoms with Gasteiger partial charge in [-0.2, -0.15) is 0 Å². The number of ether oxygens (including phenoxy) is 2. The van der Waals surface area contributed by atoms with Crippen molar-refractivity contribution in [2.45, 2.75) is 42.3 Å². The number of carbonyl (C=O) groups excluding carboxylic acids is 2. The van der Waals surface area contributed by atoms with Gasteiger partial charge in [0, 0.05) is 11.6 Å². The molecule has 192 valence electrons. The van der Waals surface area contributed by atoms with Crippen LogP contribution in [0.5, 0.6) is 5.75 Å². The monoisotopic (exact) mass is 687 g/mol. The Morgan fingerprint density at radius 2 is 1.94 bits per heavy atom. The van der Waals surface area contributed by atoms with E-state index < -0.39 is 44.6 Å². The fraction of sp³-hybridized carbons (Fsp3) is 0.409. The molecule has 0 saturated carbocycles. The van der Waals surface area contributed by atoms with Crippen molar-refractivity contribution in [1.29, 1.82) is 0 Å². The molecule has 3 rings (SSSR count). The second kappa shape index (κ2) is 11.4. The Balaban J connectivity index is 1.55. The molecule has 2 amide bonds. The van der Waals surface area contributed by atoms with E-state index in [1.54, 1.807) is 6.07 Å². The fourth-order valence-electron chi connectivity index (χ4n) is 3.15. The number of anilines is 2. The standard InChI is InChI=1S/C22H24BrClF2IN4O4/c1-21(2,3)35-20(33)30-27-14-8-9-31(12-14)18-17(23)10-13(11-28-18)19(32)29-15-4-6-16(7-5-15)34-22(24,25)26/h4-7,10-11,14H,8-9,12H2,1-3H3,(H,29,32)(H,30,33)/q-1/t14-/m1/s1. The Labute approximate surface area is 225 Å². The van der Waals surface area contributed by atoms with E-state index in [-0.39, 0.29) is 5.75 Å². The SMILES string of the molecule is CC(C)(C)OC(=O)N[I-][C@@H]1CCN(c2ncc(C(=O)Nc3ccc(OC(F)(F)Cl)cc3)cc2Br)C1. The van der Waals surface area contributed by atoms with Crippen LogP contribution in [-0.4, -0.2) is 45.2 Å². The third-order valence-corrected chi connectivity index (χ3v) is 7.85. The summed E-state index contributed by atoms with van der Waals surface area (Å²) in [6.07, 6.45) is 2.01. The molecule has 1 aromatic carbocycles. The summed E-state index contributed by atoms with van der Waals surface area (Å²) in [5.41, 5.74) is -3.62. The summed E-state index contributed by atoms with van der Waals surface area (Å²) in [6, 6.07) is 7.06. The van der Waals surface area contributed by atoms with Crippen LogP contribution in [0.2, 0.25) is 0 Å². The first-order chi connectivity index (χ1) is 16.3. The van der Waals surface area contributed by atoms with Crippen LogP contribution < -0.4 is 40.0 Å². The van der Waals surface area contributed by atoms with Gasteiger partial charge in [0.2, 0.25) is 0 Å². The molecule has 2 N–H and O–H groups in total. The number of hydrogen-bond acceptors (Lipinski definition) is 6. The van der Waals surface area contributed by atoms with Gasteiger partial charge >= 0.3 is 196 Å². The minimum absolute atomic E-state index is 0.135. The topological polar surface area (TPSA) is 92.8 Å². The molecule has 0 bridgehead atoms. The van der Waals surface area contributed by atoms with Gasteiger partial charge in [0.1, 0.15) is 5.75 Å². The van der Waals surface area contributed by atoms with Crippen molar-refractivity contribution in [3.63, 3.8) is 0 Å². The van der Waals surface area contributed by atoms with Crippen LogP contribution in [0.4, 0.5) is 25.1 Å². The molecular formula is C22H24BrClF2IN4O4-. The van der Waals surface area contributed by atoms with Gasteiger partial charge < -0.3 is 4.74 Å². The number of alkyl halides is 4. The van der Waals surface area contributed by atoms with Gasteiger partial charge in [-0.05, 0) is 0 Å². The number of halogens is 5. The summed E-state index contributed by atoms with van der Waals surface area (Å²) in [5, 5.41) is 2.68. The molecule has 0 unspecified atom stereocenters. The van der Waals surface area contributed by atoms with Crippen molar-refractivity contribution in [3.05, 3.63) is 46.6 Å². The van der Waals surface area contributed by atoms with Gasteiger partial charge in [0.05, 0.1) is 0 Å². The van der Waals surface area contributed by atoms with Crippen LogP contribution in [0.3, 0.4) is 0 Å². The quantitative estimate of drug-likeness (QED) is 0.264. The average Bonchev–Trinajstić information content (AvgIpc) is 3.20. The molecule has 35 heavy (non-hydrogen) atoms. The van der Waals surface area contributed by atoms with Crippen LogP contribution in [0, 0.1) is 0 Å². The zero-order valence-electron chi connectivity index (χ0n) is 19.1. The molecule has 8 nitrogen and oxygen atoms in total. The third-order valence-electron chi connectivity index (χ3n) is 4.54. The van der Waals surface area contributed by atoms with E-state index in [4.69, 9.17) is 16.3 Å². The Bertz CT molecular complexity index is 1070. The molecule has 1 aromatic heterocycles. The van der Waals surface area contributed by atoms with Crippen molar-refractivity contribution in [2.24, 2.45) is 0 Å². The molecule has 1 aliphatic heterocycles. The zero-order valence-corrected chi connectivity index (χ0v) is 23.6. The summed E-state index contributed by atoms with van der Waals surface area (Å²) in [5.74, 6) is 0.172. The van der Waals surface area contributed by atoms with Gasteiger partial charge in [-0.15, -0.1) is 8.78 Å². The van der Waals surface area contributed by atoms with Crippen LogP contribution >= 0.6 is 27.5 Å². The molecule has 1 fully saturated rings. The Kier molecular flexibility index (Phi) is 9.02. The molecule has 1 aliphatic rings. The number of carbonyl (C=O) groups is 2. The van der Waals surface area contributed by atoms with Crippen molar-refractivity contribution in [3.8, 4) is 5.75 Å². The number of rotatable bonds is 7. The zero-order chi connectivity index (χ0) is 25.8. The molecule has 2 aromatic rings. The first-order valence-corrected chi connectivity index (χ1v) is 14.0. The summed E-state index contributed by atoms with van der Waals surface area (Å²) in [4.78, 5) is 31.1. The average molecular weight is 689 g/mol. The van der Waals surface area contributed by atoms with E-state index in [9.17, 15) is 18.4 Å². The number of nitrogens with zero attached hydrogens (tertiary/aromatic N) is 2. The molecule has 2 heterocycles. The van der Waals surface area contributed by atoms with Gasteiger partial charge in [-0.1, -0.05) is 0 Å². The number of aromatic nitrogens is 1. The normalized spacial score (nSPS) is 16.2.